The molecule has 0 unspecified atom stereocenters. The summed E-state index contributed by atoms with van der Waals surface area (Å²) in [6, 6.07) is 10.7. The molecule has 2 aliphatic heterocycles. The van der Waals surface area contributed by atoms with Crippen LogP contribution in [-0.4, -0.2) is 56.7 Å². The largest absolute Gasteiger partial charge is 0.366 e. The van der Waals surface area contributed by atoms with Gasteiger partial charge in [0, 0.05) is 38.4 Å². The first-order chi connectivity index (χ1) is 18.9. The summed E-state index contributed by atoms with van der Waals surface area (Å²) in [4.78, 5) is 38.6. The molecule has 0 atom stereocenters. The van der Waals surface area contributed by atoms with E-state index in [0.717, 1.165) is 31.2 Å². The summed E-state index contributed by atoms with van der Waals surface area (Å²) < 4.78 is 16.5. The van der Waals surface area contributed by atoms with Gasteiger partial charge in [-0.15, -0.1) is 0 Å². The van der Waals surface area contributed by atoms with Crippen LogP contribution in [0.15, 0.2) is 52.3 Å². The van der Waals surface area contributed by atoms with Crippen molar-refractivity contribution in [1.82, 2.24) is 14.3 Å². The summed E-state index contributed by atoms with van der Waals surface area (Å²) in [5, 5.41) is 0. The third-order valence-corrected chi connectivity index (χ3v) is 9.21. The Bertz CT molecular complexity index is 1540. The second-order valence-electron chi connectivity index (χ2n) is 10.3. The number of benzene rings is 1. The van der Waals surface area contributed by atoms with E-state index in [4.69, 9.17) is 17.2 Å². The van der Waals surface area contributed by atoms with Gasteiger partial charge in [-0.05, 0) is 49.6 Å². The lowest BCUT2D eigenvalue weighted by atomic mass is 9.94. The molecule has 2 saturated heterocycles. The van der Waals surface area contributed by atoms with E-state index >= 15 is 0 Å². The molecule has 3 aromatic rings. The SMILES string of the molecule is Cc1cccn2c(=O)c(C=C3SC(=S)N(C4CCCCC4)C3=O)c(N3CCN(c4ccccc4F)CC3)nc12. The topological polar surface area (TPSA) is 61.2 Å². The van der Waals surface area contributed by atoms with E-state index in [1.54, 1.807) is 33.7 Å². The van der Waals surface area contributed by atoms with E-state index in [1.807, 2.05) is 30.0 Å². The van der Waals surface area contributed by atoms with Crippen LogP contribution < -0.4 is 15.4 Å². The van der Waals surface area contributed by atoms with Crippen molar-refractivity contribution in [3.05, 3.63) is 74.8 Å². The first-order valence-corrected chi connectivity index (χ1v) is 14.7. The number of carbonyl (C=O) groups excluding carboxylic acids is 1. The maximum atomic E-state index is 14.4. The summed E-state index contributed by atoms with van der Waals surface area (Å²) in [5.41, 5.74) is 2.20. The number of halogens is 1. The number of hydrogen-bond donors (Lipinski definition) is 0. The Labute approximate surface area is 236 Å². The van der Waals surface area contributed by atoms with E-state index in [0.29, 0.717) is 58.1 Å². The van der Waals surface area contributed by atoms with Crippen LogP contribution in [0.4, 0.5) is 15.9 Å². The number of anilines is 2. The normalized spacial score (nSPS) is 20.1. The van der Waals surface area contributed by atoms with Crippen LogP contribution in [0.5, 0.6) is 0 Å². The van der Waals surface area contributed by atoms with E-state index in [2.05, 4.69) is 4.90 Å². The molecule has 3 fully saturated rings. The standard InChI is InChI=1S/C29H30FN5O2S2/c1-19-8-7-13-34-25(19)31-26(33-16-14-32(15-17-33)23-12-6-5-11-22(23)30)21(27(34)36)18-24-28(37)35(29(38)39-24)20-9-3-2-4-10-20/h5-8,11-13,18,20H,2-4,9-10,14-17H2,1H3. The molecule has 6 rings (SSSR count). The van der Waals surface area contributed by atoms with Crippen molar-refractivity contribution in [3.8, 4) is 0 Å². The Balaban J connectivity index is 1.37. The monoisotopic (exact) mass is 563 g/mol. The summed E-state index contributed by atoms with van der Waals surface area (Å²) in [5.74, 6) is 0.177. The number of thiocarbonyl (C=S) groups is 1. The molecule has 0 radical (unpaired) electrons. The number of aryl methyl sites for hydroxylation is 1. The predicted molar refractivity (Wildman–Crippen MR) is 159 cm³/mol. The summed E-state index contributed by atoms with van der Waals surface area (Å²) >= 11 is 6.89. The molecule has 4 heterocycles. The van der Waals surface area contributed by atoms with Crippen molar-refractivity contribution < 1.29 is 9.18 Å². The summed E-state index contributed by atoms with van der Waals surface area (Å²) in [7, 11) is 0. The fourth-order valence-electron chi connectivity index (χ4n) is 5.80. The highest BCUT2D eigenvalue weighted by Gasteiger charge is 2.38. The Morgan fingerprint density at radius 2 is 1.72 bits per heavy atom. The molecule has 39 heavy (non-hydrogen) atoms. The first-order valence-electron chi connectivity index (χ1n) is 13.5. The van der Waals surface area contributed by atoms with Crippen LogP contribution in [0.2, 0.25) is 0 Å². The number of amides is 1. The molecule has 10 heteroatoms. The van der Waals surface area contributed by atoms with Crippen LogP contribution >= 0.6 is 24.0 Å². The van der Waals surface area contributed by atoms with Gasteiger partial charge < -0.3 is 9.80 Å². The van der Waals surface area contributed by atoms with Gasteiger partial charge in [-0.2, -0.15) is 0 Å². The van der Waals surface area contributed by atoms with Gasteiger partial charge in [0.15, 0.2) is 0 Å². The zero-order chi connectivity index (χ0) is 27.1. The number of hydrogen-bond acceptors (Lipinski definition) is 7. The number of pyridine rings is 1. The highest BCUT2D eigenvalue weighted by molar-refractivity contribution is 8.26. The van der Waals surface area contributed by atoms with Gasteiger partial charge in [-0.1, -0.05) is 61.4 Å². The van der Waals surface area contributed by atoms with Crippen LogP contribution in [0.25, 0.3) is 11.7 Å². The molecule has 3 aliphatic rings. The molecule has 2 aromatic heterocycles. The maximum absolute atomic E-state index is 14.4. The molecule has 0 bridgehead atoms. The highest BCUT2D eigenvalue weighted by atomic mass is 32.2. The van der Waals surface area contributed by atoms with Crippen LogP contribution in [0.3, 0.4) is 0 Å². The second-order valence-corrected chi connectivity index (χ2v) is 12.0. The van der Waals surface area contributed by atoms with E-state index in [9.17, 15) is 14.0 Å². The molecule has 0 N–H and O–H groups in total. The van der Waals surface area contributed by atoms with Crippen LogP contribution in [0.1, 0.15) is 43.2 Å². The van der Waals surface area contributed by atoms with E-state index in [1.165, 1.54) is 24.2 Å². The third-order valence-electron chi connectivity index (χ3n) is 7.88. The van der Waals surface area contributed by atoms with Gasteiger partial charge in [-0.25, -0.2) is 9.37 Å². The number of piperazine rings is 1. The maximum Gasteiger partial charge on any atom is 0.267 e. The van der Waals surface area contributed by atoms with Crippen molar-refractivity contribution in [3.63, 3.8) is 0 Å². The van der Waals surface area contributed by atoms with Crippen LogP contribution in [0, 0.1) is 12.7 Å². The third kappa shape index (κ3) is 4.84. The van der Waals surface area contributed by atoms with Gasteiger partial charge in [0.2, 0.25) is 0 Å². The molecule has 0 spiro atoms. The van der Waals surface area contributed by atoms with Crippen molar-refractivity contribution >= 4 is 57.4 Å². The van der Waals surface area contributed by atoms with Crippen molar-refractivity contribution in [2.45, 2.75) is 45.1 Å². The smallest absolute Gasteiger partial charge is 0.267 e. The van der Waals surface area contributed by atoms with Gasteiger partial charge in [0.05, 0.1) is 16.2 Å². The van der Waals surface area contributed by atoms with Crippen molar-refractivity contribution in [2.24, 2.45) is 0 Å². The minimum Gasteiger partial charge on any atom is -0.366 e. The number of nitrogens with zero attached hydrogens (tertiary/aromatic N) is 5. The number of carbonyl (C=O) groups is 1. The molecule has 1 aromatic carbocycles. The molecule has 7 nitrogen and oxygen atoms in total. The fourth-order valence-corrected chi connectivity index (χ4v) is 7.18. The van der Waals surface area contributed by atoms with Crippen molar-refractivity contribution in [2.75, 3.05) is 36.0 Å². The molecule has 202 valence electrons. The lowest BCUT2D eigenvalue weighted by molar-refractivity contribution is -0.124. The molecular formula is C29H30FN5O2S2. The average Bonchev–Trinajstić information content (AvgIpc) is 3.23. The predicted octanol–water partition coefficient (Wildman–Crippen LogP) is 5.00. The number of fused-ring (bicyclic) bond motifs is 1. The van der Waals surface area contributed by atoms with Gasteiger partial charge in [-0.3, -0.25) is 18.9 Å². The lowest BCUT2D eigenvalue weighted by Crippen LogP contribution is -2.47. The number of aromatic nitrogens is 2. The second kappa shape index (κ2) is 10.7. The van der Waals surface area contributed by atoms with E-state index in [-0.39, 0.29) is 23.3 Å². The van der Waals surface area contributed by atoms with Gasteiger partial charge in [0.25, 0.3) is 11.5 Å². The van der Waals surface area contributed by atoms with Crippen molar-refractivity contribution in [1.29, 1.82) is 0 Å². The van der Waals surface area contributed by atoms with E-state index < -0.39 is 0 Å². The Morgan fingerprint density at radius 1 is 1.00 bits per heavy atom. The summed E-state index contributed by atoms with van der Waals surface area (Å²) in [6.07, 6.45) is 8.69. The first kappa shape index (κ1) is 26.0. The zero-order valence-electron chi connectivity index (χ0n) is 21.8. The van der Waals surface area contributed by atoms with Gasteiger partial charge in [0.1, 0.15) is 21.6 Å². The number of para-hydroxylation sites is 1. The fraction of sp³-hybridized carbons (Fsp3) is 0.379. The molecular weight excluding hydrogens is 533 g/mol. The summed E-state index contributed by atoms with van der Waals surface area (Å²) in [6.45, 7) is 4.22. The number of rotatable bonds is 4. The molecule has 1 saturated carbocycles. The van der Waals surface area contributed by atoms with Crippen LogP contribution in [-0.2, 0) is 4.79 Å². The average molecular weight is 564 g/mol. The Morgan fingerprint density at radius 3 is 2.46 bits per heavy atom. The Hall–Kier alpha value is -3.24. The molecule has 1 aliphatic carbocycles. The Kier molecular flexibility index (Phi) is 7.16. The quantitative estimate of drug-likeness (QED) is 0.327. The molecule has 1 amide bonds. The number of thioether (sulfide) groups is 1. The highest BCUT2D eigenvalue weighted by Crippen LogP contribution is 2.38. The minimum atomic E-state index is -0.246. The minimum absolute atomic E-state index is 0.124. The zero-order valence-corrected chi connectivity index (χ0v) is 23.4. The lowest BCUT2D eigenvalue weighted by Gasteiger charge is -2.37. The van der Waals surface area contributed by atoms with Gasteiger partial charge >= 0.3 is 0 Å².